The van der Waals surface area contributed by atoms with Gasteiger partial charge in [-0.2, -0.15) is 0 Å². The van der Waals surface area contributed by atoms with Crippen LogP contribution in [0.3, 0.4) is 0 Å². The van der Waals surface area contributed by atoms with Gasteiger partial charge in [0.2, 0.25) is 0 Å². The van der Waals surface area contributed by atoms with Gasteiger partial charge in [-0.25, -0.2) is 0 Å². The van der Waals surface area contributed by atoms with Gasteiger partial charge in [0.25, 0.3) is 0 Å². The topological polar surface area (TPSA) is 37.8 Å². The van der Waals surface area contributed by atoms with Crippen molar-refractivity contribution in [1.82, 2.24) is 9.97 Å². The summed E-state index contributed by atoms with van der Waals surface area (Å²) >= 11 is 3.44. The van der Waals surface area contributed by atoms with Gasteiger partial charge < -0.3 is 5.32 Å². The molecule has 2 aromatic heterocycles. The summed E-state index contributed by atoms with van der Waals surface area (Å²) in [7, 11) is 0. The molecule has 100 valence electrons. The van der Waals surface area contributed by atoms with Gasteiger partial charge in [0.05, 0.1) is 11.2 Å². The molecule has 1 N–H and O–H groups in total. The van der Waals surface area contributed by atoms with Crippen LogP contribution in [0.4, 0.5) is 5.69 Å². The minimum absolute atomic E-state index is 0.505. The molecule has 1 aliphatic rings. The molecule has 0 radical (unpaired) electrons. The van der Waals surface area contributed by atoms with Gasteiger partial charge in [-0.3, -0.25) is 9.97 Å². The van der Waals surface area contributed by atoms with Crippen LogP contribution < -0.4 is 5.32 Å². The van der Waals surface area contributed by atoms with Gasteiger partial charge >= 0.3 is 0 Å². The summed E-state index contributed by atoms with van der Waals surface area (Å²) in [5.41, 5.74) is 3.48. The Hall–Kier alpha value is -1.16. The second-order valence-corrected chi connectivity index (χ2v) is 6.36. The molecule has 3 nitrogen and oxygen atoms in total. The first-order valence-electron chi connectivity index (χ1n) is 6.87. The van der Waals surface area contributed by atoms with Crippen LogP contribution in [-0.2, 0) is 0 Å². The average Bonchev–Trinajstić information content (AvgIpc) is 2.37. The Bertz CT molecular complexity index is 587. The highest BCUT2D eigenvalue weighted by Gasteiger charge is 2.34. The van der Waals surface area contributed by atoms with Crippen LogP contribution in [0.25, 0.3) is 11.0 Å². The highest BCUT2D eigenvalue weighted by Crippen LogP contribution is 2.43. The fraction of sp³-hybridized carbons (Fsp3) is 0.467. The number of nitrogens with one attached hydrogen (secondary N) is 1. The Morgan fingerprint density at radius 2 is 2.21 bits per heavy atom. The molecule has 0 bridgehead atoms. The molecule has 0 aromatic carbocycles. The zero-order chi connectivity index (χ0) is 13.3. The second-order valence-electron chi connectivity index (χ2n) is 5.44. The van der Waals surface area contributed by atoms with Crippen LogP contribution >= 0.6 is 15.9 Å². The van der Waals surface area contributed by atoms with E-state index in [1.165, 1.54) is 25.7 Å². The molecule has 19 heavy (non-hydrogen) atoms. The number of hydrogen-bond acceptors (Lipinski definition) is 3. The molecule has 2 heterocycles. The lowest BCUT2D eigenvalue weighted by molar-refractivity contribution is 0.145. The molecule has 0 unspecified atom stereocenters. The van der Waals surface area contributed by atoms with Crippen LogP contribution in [0.5, 0.6) is 0 Å². The van der Waals surface area contributed by atoms with Crippen molar-refractivity contribution in [3.8, 4) is 0 Å². The van der Waals surface area contributed by atoms with E-state index in [-0.39, 0.29) is 0 Å². The lowest BCUT2D eigenvalue weighted by Crippen LogP contribution is -2.35. The summed E-state index contributed by atoms with van der Waals surface area (Å²) in [4.78, 5) is 8.85. The van der Waals surface area contributed by atoms with Crippen LogP contribution in [0.15, 0.2) is 29.0 Å². The van der Waals surface area contributed by atoms with E-state index < -0.39 is 0 Å². The third kappa shape index (κ3) is 2.46. The van der Waals surface area contributed by atoms with Gasteiger partial charge in [0.1, 0.15) is 5.52 Å². The van der Waals surface area contributed by atoms with Gasteiger partial charge in [-0.15, -0.1) is 0 Å². The molecule has 0 spiro atoms. The number of rotatable bonds is 4. The van der Waals surface area contributed by atoms with Crippen molar-refractivity contribution < 1.29 is 0 Å². The normalized spacial score (nSPS) is 17.2. The Morgan fingerprint density at radius 1 is 1.37 bits per heavy atom. The van der Waals surface area contributed by atoms with E-state index in [9.17, 15) is 0 Å². The predicted octanol–water partition coefficient (Wildman–Crippen LogP) is 4.38. The number of pyridine rings is 2. The van der Waals surface area contributed by atoms with Gasteiger partial charge in [0.15, 0.2) is 0 Å². The zero-order valence-electron chi connectivity index (χ0n) is 11.1. The minimum Gasteiger partial charge on any atom is -0.383 e. The monoisotopic (exact) mass is 319 g/mol. The summed E-state index contributed by atoms with van der Waals surface area (Å²) in [6.45, 7) is 3.33. The van der Waals surface area contributed by atoms with Crippen molar-refractivity contribution >= 4 is 32.7 Å². The maximum atomic E-state index is 4.48. The summed E-state index contributed by atoms with van der Waals surface area (Å²) in [6.07, 6.45) is 8.99. The van der Waals surface area contributed by atoms with Crippen molar-refractivity contribution in [2.24, 2.45) is 5.41 Å². The molecule has 0 amide bonds. The van der Waals surface area contributed by atoms with E-state index in [1.54, 1.807) is 0 Å². The first-order chi connectivity index (χ1) is 9.22. The maximum absolute atomic E-state index is 4.48. The zero-order valence-corrected chi connectivity index (χ0v) is 12.7. The Kier molecular flexibility index (Phi) is 3.44. The second kappa shape index (κ2) is 5.08. The van der Waals surface area contributed by atoms with Crippen LogP contribution in [-0.4, -0.2) is 16.5 Å². The molecular formula is C15H18BrN3. The standard InChI is InChI=1S/C15H18BrN3/c1-2-15(5-3-6-15)10-19-12-4-7-17-13-8-11(16)9-18-14(12)13/h4,7-9H,2-3,5-6,10H2,1H3,(H,17,19). The maximum Gasteiger partial charge on any atom is 0.112 e. The van der Waals surface area contributed by atoms with Crippen molar-refractivity contribution in [3.63, 3.8) is 0 Å². The van der Waals surface area contributed by atoms with Crippen LogP contribution in [0.2, 0.25) is 0 Å². The van der Waals surface area contributed by atoms with Gasteiger partial charge in [0, 0.05) is 23.4 Å². The Labute approximate surface area is 122 Å². The smallest absolute Gasteiger partial charge is 0.112 e. The number of halogens is 1. The summed E-state index contributed by atoms with van der Waals surface area (Å²) < 4.78 is 0.966. The van der Waals surface area contributed by atoms with Crippen molar-refractivity contribution in [2.75, 3.05) is 11.9 Å². The molecule has 0 atom stereocenters. The third-order valence-corrected chi connectivity index (χ3v) is 4.80. The van der Waals surface area contributed by atoms with Crippen LogP contribution in [0, 0.1) is 5.41 Å². The van der Waals surface area contributed by atoms with E-state index >= 15 is 0 Å². The molecule has 1 saturated carbocycles. The summed E-state index contributed by atoms with van der Waals surface area (Å²) in [6, 6.07) is 4.03. The molecule has 0 saturated heterocycles. The molecule has 4 heteroatoms. The fourth-order valence-electron chi connectivity index (χ4n) is 2.76. The number of aromatic nitrogens is 2. The Balaban J connectivity index is 1.84. The largest absolute Gasteiger partial charge is 0.383 e. The van der Waals surface area contributed by atoms with Crippen molar-refractivity contribution in [2.45, 2.75) is 32.6 Å². The first kappa shape index (κ1) is 12.9. The van der Waals surface area contributed by atoms with E-state index in [0.29, 0.717) is 5.41 Å². The third-order valence-electron chi connectivity index (χ3n) is 4.36. The Morgan fingerprint density at radius 3 is 2.89 bits per heavy atom. The van der Waals surface area contributed by atoms with Gasteiger partial charge in [-0.1, -0.05) is 13.3 Å². The highest BCUT2D eigenvalue weighted by molar-refractivity contribution is 9.10. The average molecular weight is 320 g/mol. The number of nitrogens with zero attached hydrogens (tertiary/aromatic N) is 2. The quantitative estimate of drug-likeness (QED) is 0.908. The van der Waals surface area contributed by atoms with Crippen LogP contribution in [0.1, 0.15) is 32.6 Å². The number of anilines is 1. The van der Waals surface area contributed by atoms with E-state index in [2.05, 4.69) is 38.1 Å². The molecular weight excluding hydrogens is 302 g/mol. The molecule has 3 rings (SSSR count). The lowest BCUT2D eigenvalue weighted by atomic mass is 9.67. The number of hydrogen-bond donors (Lipinski definition) is 1. The van der Waals surface area contributed by atoms with Crippen molar-refractivity contribution in [3.05, 3.63) is 29.0 Å². The lowest BCUT2D eigenvalue weighted by Gasteiger charge is -2.41. The summed E-state index contributed by atoms with van der Waals surface area (Å²) in [5, 5.41) is 3.58. The molecule has 0 aliphatic heterocycles. The van der Waals surface area contributed by atoms with Crippen molar-refractivity contribution in [1.29, 1.82) is 0 Å². The summed E-state index contributed by atoms with van der Waals surface area (Å²) in [5.74, 6) is 0. The SMILES string of the molecule is CCC1(CNc2ccnc3cc(Br)cnc23)CCC1. The predicted molar refractivity (Wildman–Crippen MR) is 82.3 cm³/mol. The highest BCUT2D eigenvalue weighted by atomic mass is 79.9. The van der Waals surface area contributed by atoms with E-state index in [0.717, 1.165) is 27.7 Å². The minimum atomic E-state index is 0.505. The van der Waals surface area contributed by atoms with E-state index in [4.69, 9.17) is 0 Å². The molecule has 1 fully saturated rings. The molecule has 2 aromatic rings. The van der Waals surface area contributed by atoms with Gasteiger partial charge in [-0.05, 0) is 52.7 Å². The van der Waals surface area contributed by atoms with E-state index in [1.807, 2.05) is 24.5 Å². The fourth-order valence-corrected chi connectivity index (χ4v) is 3.08. The first-order valence-corrected chi connectivity index (χ1v) is 7.66. The molecule has 1 aliphatic carbocycles. The number of fused-ring (bicyclic) bond motifs is 1.